The van der Waals surface area contributed by atoms with Gasteiger partial charge in [0.15, 0.2) is 0 Å². The molecule has 57 heavy (non-hydrogen) atoms. The van der Waals surface area contributed by atoms with E-state index < -0.39 is 9.85 Å². The summed E-state index contributed by atoms with van der Waals surface area (Å²) in [5.41, 5.74) is 10.5. The van der Waals surface area contributed by atoms with Crippen molar-refractivity contribution in [1.82, 2.24) is 0 Å². The minimum absolute atomic E-state index is 0. The molecule has 0 saturated carbocycles. The Labute approximate surface area is 421 Å². The average molecular weight is 1080 g/mol. The average Bonchev–Trinajstić information content (AvgIpc) is 2.84. The Morgan fingerprint density at radius 3 is 0.912 bits per heavy atom. The van der Waals surface area contributed by atoms with Crippen molar-refractivity contribution < 1.29 is 173 Å². The van der Waals surface area contributed by atoms with E-state index in [-0.39, 0.29) is 215 Å². The summed E-state index contributed by atoms with van der Waals surface area (Å²) in [6.07, 6.45) is 0. The molecule has 0 aliphatic rings. The summed E-state index contributed by atoms with van der Waals surface area (Å²) < 4.78 is 0. The molecule has 3 rings (SSSR count). The molecule has 22 N–H and O–H groups in total. The standard InChI is InChI=1S/C11H14N2O4.C11H16N2O2.C11H16.Ac.2Na.10H2O.H2S/c1-7-9(12(14)15)5-8(11(2,3)4)6-10(7)13(16)17;1-7-9(12)5-8(11(2,3)4)6-10(7)13(14)15;1-9-5-7-10(8-6-9)11(2,3)4;;;;;;;;;;;;;;/h5-6H,1-4H3;5-6H,12H2,1-4H3;5-8H,1-4H3;;;;11*1H2/q;;;;2*+1;;;;;;;;;;;/p-1. The Morgan fingerprint density at radius 2 is 0.684 bits per heavy atom. The molecule has 0 atom stereocenters. The zero-order valence-corrected chi connectivity index (χ0v) is 45.2. The number of benzene rings is 3. The molecule has 0 spiro atoms. The Balaban J connectivity index is -0.0000000366. The normalized spacial score (nSPS) is 8.63. The summed E-state index contributed by atoms with van der Waals surface area (Å²) in [4.78, 5) is 31.0. The van der Waals surface area contributed by atoms with Crippen molar-refractivity contribution in [2.45, 2.75) is 99.3 Å². The first kappa shape index (κ1) is 96.1. The van der Waals surface area contributed by atoms with Gasteiger partial charge in [0.1, 0.15) is 5.56 Å². The van der Waals surface area contributed by atoms with Crippen LogP contribution < -0.4 is 64.8 Å². The quantitative estimate of drug-likeness (QED) is 0.0658. The van der Waals surface area contributed by atoms with Crippen LogP contribution in [0.3, 0.4) is 0 Å². The molecule has 3 aromatic rings. The van der Waals surface area contributed by atoms with Gasteiger partial charge in [-0.15, -0.1) is 0 Å². The zero-order valence-electron chi connectivity index (χ0n) is 35.5. The van der Waals surface area contributed by atoms with Crippen molar-refractivity contribution in [3.05, 3.63) is 112 Å². The smallest absolute Gasteiger partial charge is 0.813 e. The summed E-state index contributed by atoms with van der Waals surface area (Å²) in [7, 11) is 0. The maximum atomic E-state index is 10.9. The largest absolute Gasteiger partial charge is 1.00 e. The van der Waals surface area contributed by atoms with E-state index in [1.54, 1.807) is 13.0 Å². The molecule has 0 heterocycles. The Bertz CT molecular complexity index is 1490. The molecule has 325 valence electrons. The van der Waals surface area contributed by atoms with E-state index in [2.05, 4.69) is 52.0 Å². The van der Waals surface area contributed by atoms with Gasteiger partial charge >= 0.3 is 59.1 Å². The van der Waals surface area contributed by atoms with Crippen LogP contribution in [-0.2, 0) is 29.7 Å². The SMILES string of the molecule is Cc1c(N)cc(C(C)(C)C)cc1[N+](=O)[O-].Cc1c([N+](=O)[O-])cc(C(C)(C)C)cc1[N+](=O)[O-].Cc1ccc(C(C)(C)C)cc1.O.O.O.O.O.O.O.O.O.O.[Ac].[Na+].[Na+].[SH-]. The molecule has 0 aliphatic heterocycles. The number of anilines is 1. The monoisotopic (exact) mass is 1080 g/mol. The molecule has 0 aliphatic carbocycles. The van der Waals surface area contributed by atoms with Crippen molar-refractivity contribution in [2.75, 3.05) is 5.73 Å². The summed E-state index contributed by atoms with van der Waals surface area (Å²) in [6, 6.07) is 15.0. The maximum absolute atomic E-state index is 10.9. The number of thiol groups is 1. The fourth-order valence-corrected chi connectivity index (χ4v) is 3.89. The second-order valence-electron chi connectivity index (χ2n) is 13.7. The van der Waals surface area contributed by atoms with E-state index in [0.29, 0.717) is 16.8 Å². The van der Waals surface area contributed by atoms with Gasteiger partial charge in [-0.05, 0) is 59.8 Å². The van der Waals surface area contributed by atoms with Crippen molar-refractivity contribution >= 4 is 36.2 Å². The van der Waals surface area contributed by atoms with Gasteiger partial charge in [0.25, 0.3) is 17.1 Å². The van der Waals surface area contributed by atoms with Gasteiger partial charge in [-0.1, -0.05) is 92.1 Å². The molecular formula is C33H67AcN4Na2O16S+. The van der Waals surface area contributed by atoms with E-state index in [0.717, 1.165) is 5.56 Å². The van der Waals surface area contributed by atoms with Gasteiger partial charge in [-0.3, -0.25) is 30.3 Å². The van der Waals surface area contributed by atoms with Gasteiger partial charge in [0.2, 0.25) is 0 Å². The molecule has 0 aromatic heterocycles. The molecule has 3 aromatic carbocycles. The number of nitrogens with zero attached hydrogens (tertiary/aromatic N) is 3. The first-order valence-corrected chi connectivity index (χ1v) is 13.9. The molecule has 1 radical (unpaired) electrons. The van der Waals surface area contributed by atoms with Crippen LogP contribution in [0.4, 0.5) is 22.7 Å². The van der Waals surface area contributed by atoms with Gasteiger partial charge in [0, 0.05) is 73.5 Å². The third-order valence-electron chi connectivity index (χ3n) is 7.01. The van der Waals surface area contributed by atoms with E-state index in [1.807, 2.05) is 47.6 Å². The fourth-order valence-electron chi connectivity index (χ4n) is 3.89. The van der Waals surface area contributed by atoms with Gasteiger partial charge in [-0.2, -0.15) is 0 Å². The van der Waals surface area contributed by atoms with E-state index in [9.17, 15) is 30.3 Å². The Morgan fingerprint density at radius 1 is 0.456 bits per heavy atom. The van der Waals surface area contributed by atoms with Crippen LogP contribution in [0.5, 0.6) is 0 Å². The minimum Gasteiger partial charge on any atom is -0.813 e. The molecule has 0 bridgehead atoms. The summed E-state index contributed by atoms with van der Waals surface area (Å²) in [6.45, 7) is 23.4. The Kier molecular flexibility index (Phi) is 66.1. The van der Waals surface area contributed by atoms with Crippen LogP contribution in [0.25, 0.3) is 0 Å². The number of hydrogen-bond donors (Lipinski definition) is 1. The zero-order chi connectivity index (χ0) is 33.7. The number of nitro benzene ring substituents is 3. The van der Waals surface area contributed by atoms with Crippen molar-refractivity contribution in [3.8, 4) is 0 Å². The van der Waals surface area contributed by atoms with Crippen LogP contribution in [0.1, 0.15) is 95.7 Å². The van der Waals surface area contributed by atoms with Crippen LogP contribution >= 0.6 is 0 Å². The molecule has 20 nitrogen and oxygen atoms in total. The molecule has 0 unspecified atom stereocenters. The third kappa shape index (κ3) is 30.7. The summed E-state index contributed by atoms with van der Waals surface area (Å²) >= 11 is 0. The predicted molar refractivity (Wildman–Crippen MR) is 219 cm³/mol. The predicted octanol–water partition coefficient (Wildman–Crippen LogP) is -5.32. The van der Waals surface area contributed by atoms with Crippen LogP contribution in [0, 0.1) is 95.2 Å². The topological polar surface area (TPSA) is 470 Å². The number of rotatable bonds is 3. The number of nitro groups is 3. The van der Waals surface area contributed by atoms with Crippen LogP contribution in [-0.4, -0.2) is 69.5 Å². The second-order valence-corrected chi connectivity index (χ2v) is 13.7. The number of hydrogen-bond acceptors (Lipinski definition) is 8. The molecule has 24 heteroatoms. The molecular weight excluding hydrogens is 1010 g/mol. The number of nitrogen functional groups attached to an aromatic ring is 1. The van der Waals surface area contributed by atoms with Crippen molar-refractivity contribution in [1.29, 1.82) is 0 Å². The van der Waals surface area contributed by atoms with Gasteiger partial charge < -0.3 is 74.0 Å². The number of aryl methyl sites for hydroxylation is 1. The fraction of sp³-hybridized carbons (Fsp3) is 0.455. The van der Waals surface area contributed by atoms with Crippen molar-refractivity contribution in [3.63, 3.8) is 0 Å². The van der Waals surface area contributed by atoms with Crippen molar-refractivity contribution in [2.24, 2.45) is 0 Å². The third-order valence-corrected chi connectivity index (χ3v) is 7.01. The summed E-state index contributed by atoms with van der Waals surface area (Å²) in [5.74, 6) is 0. The first-order chi connectivity index (χ1) is 19.4. The number of nitrogens with two attached hydrogens (primary N) is 1. The first-order valence-electron chi connectivity index (χ1n) is 13.9. The molecule has 0 amide bonds. The van der Waals surface area contributed by atoms with E-state index >= 15 is 0 Å². The molecule has 0 fully saturated rings. The maximum Gasteiger partial charge on any atom is 1.00 e. The van der Waals surface area contributed by atoms with E-state index in [4.69, 9.17) is 5.73 Å². The summed E-state index contributed by atoms with van der Waals surface area (Å²) in [5, 5.41) is 32.5. The van der Waals surface area contributed by atoms with E-state index in [1.165, 1.54) is 30.2 Å². The molecule has 0 saturated heterocycles. The second kappa shape index (κ2) is 39.2. The Hall–Kier alpha value is -0.948. The minimum atomic E-state index is -0.586. The van der Waals surface area contributed by atoms with Gasteiger partial charge in [-0.25, -0.2) is 0 Å². The van der Waals surface area contributed by atoms with Crippen LogP contribution in [0.15, 0.2) is 48.5 Å². The van der Waals surface area contributed by atoms with Gasteiger partial charge in [0.05, 0.1) is 14.8 Å². The van der Waals surface area contributed by atoms with Crippen LogP contribution in [0.2, 0.25) is 0 Å².